The van der Waals surface area contributed by atoms with Crippen molar-refractivity contribution in [2.24, 2.45) is 5.73 Å². The van der Waals surface area contributed by atoms with E-state index in [0.29, 0.717) is 28.1 Å². The van der Waals surface area contributed by atoms with Gasteiger partial charge in [-0.2, -0.15) is 0 Å². The van der Waals surface area contributed by atoms with Crippen molar-refractivity contribution >= 4 is 28.8 Å². The minimum atomic E-state index is -0.895. The molecule has 1 aliphatic heterocycles. The first kappa shape index (κ1) is 26.8. The maximum absolute atomic E-state index is 12.8. The van der Waals surface area contributed by atoms with E-state index in [1.807, 2.05) is 13.8 Å². The van der Waals surface area contributed by atoms with E-state index in [0.717, 1.165) is 0 Å². The van der Waals surface area contributed by atoms with Gasteiger partial charge in [0.1, 0.15) is 35.8 Å². The van der Waals surface area contributed by atoms with E-state index in [-0.39, 0.29) is 31.4 Å². The van der Waals surface area contributed by atoms with Gasteiger partial charge in [-0.3, -0.25) is 9.59 Å². The van der Waals surface area contributed by atoms with E-state index < -0.39 is 35.7 Å². The topological polar surface area (TPSA) is 153 Å². The van der Waals surface area contributed by atoms with E-state index in [9.17, 15) is 19.5 Å². The number of benzene rings is 1. The predicted molar refractivity (Wildman–Crippen MR) is 132 cm³/mol. The molecule has 0 saturated carbocycles. The largest absolute Gasteiger partial charge is 0.508 e. The fourth-order valence-corrected chi connectivity index (χ4v) is 3.94. The van der Waals surface area contributed by atoms with Crippen molar-refractivity contribution in [1.29, 1.82) is 0 Å². The lowest BCUT2D eigenvalue weighted by Gasteiger charge is -2.23. The number of aromatic hydroxyl groups is 1. The number of carbonyl (C=O) groups excluding carboxylic acids is 3. The van der Waals surface area contributed by atoms with Crippen LogP contribution in [0.1, 0.15) is 46.6 Å². The Morgan fingerprint density at radius 3 is 2.58 bits per heavy atom. The molecule has 1 aromatic heterocycles. The Morgan fingerprint density at radius 1 is 1.28 bits per heavy atom. The van der Waals surface area contributed by atoms with Gasteiger partial charge in [0.25, 0.3) is 0 Å². The van der Waals surface area contributed by atoms with Crippen LogP contribution >= 0.6 is 0 Å². The van der Waals surface area contributed by atoms with Crippen LogP contribution in [0, 0.1) is 6.92 Å². The van der Waals surface area contributed by atoms with E-state index in [4.69, 9.17) is 19.9 Å². The Labute approximate surface area is 209 Å². The number of carbonyl (C=O) groups is 3. The fraction of sp³-hybridized carbons (Fsp3) is 0.520. The third-order valence-corrected chi connectivity index (χ3v) is 5.49. The summed E-state index contributed by atoms with van der Waals surface area (Å²) in [6.45, 7) is 10.3. The molecule has 1 unspecified atom stereocenters. The molecular formula is C25H34N4O7. The molecule has 11 heteroatoms. The number of phenols is 1. The Morgan fingerprint density at radius 2 is 1.97 bits per heavy atom. The van der Waals surface area contributed by atoms with Gasteiger partial charge in [-0.15, -0.1) is 0 Å². The molecule has 36 heavy (non-hydrogen) atoms. The van der Waals surface area contributed by atoms with Crippen LogP contribution < -0.4 is 20.5 Å². The average Bonchev–Trinajstić information content (AvgIpc) is 3.17. The van der Waals surface area contributed by atoms with Gasteiger partial charge in [-0.25, -0.2) is 9.78 Å². The van der Waals surface area contributed by atoms with Crippen LogP contribution in [0.3, 0.4) is 0 Å². The van der Waals surface area contributed by atoms with Crippen molar-refractivity contribution in [3.63, 3.8) is 0 Å². The molecule has 1 aliphatic rings. The molecule has 2 atom stereocenters. The molecule has 2 aromatic rings. The quantitative estimate of drug-likeness (QED) is 0.522. The van der Waals surface area contributed by atoms with Crippen molar-refractivity contribution in [2.75, 3.05) is 13.1 Å². The van der Waals surface area contributed by atoms with Crippen LogP contribution in [0.25, 0.3) is 10.9 Å². The SMILES string of the molecule is Cc1c(O)ccc2c(O[C@@H]3CC(C(N)=O)N(C(=O)CNC(=O)OC(C)(C)C)C3)cc(OC(C)C)nc12. The summed E-state index contributed by atoms with van der Waals surface area (Å²) in [4.78, 5) is 42.7. The maximum atomic E-state index is 12.8. The summed E-state index contributed by atoms with van der Waals surface area (Å²) in [7, 11) is 0. The van der Waals surface area contributed by atoms with Gasteiger partial charge >= 0.3 is 6.09 Å². The molecule has 0 aliphatic carbocycles. The van der Waals surface area contributed by atoms with Gasteiger partial charge in [0, 0.05) is 23.4 Å². The monoisotopic (exact) mass is 502 g/mol. The molecule has 3 rings (SSSR count). The second-order valence-electron chi connectivity index (χ2n) is 10.0. The van der Waals surface area contributed by atoms with Crippen molar-refractivity contribution in [1.82, 2.24) is 15.2 Å². The van der Waals surface area contributed by atoms with Gasteiger partial charge in [0.15, 0.2) is 0 Å². The molecule has 11 nitrogen and oxygen atoms in total. The minimum Gasteiger partial charge on any atom is -0.508 e. The molecule has 196 valence electrons. The number of aromatic nitrogens is 1. The number of primary amides is 1. The lowest BCUT2D eigenvalue weighted by Crippen LogP contribution is -2.48. The number of likely N-dealkylation sites (tertiary alicyclic amines) is 1. The van der Waals surface area contributed by atoms with E-state index in [1.54, 1.807) is 45.9 Å². The number of hydrogen-bond acceptors (Lipinski definition) is 8. The number of amides is 3. The van der Waals surface area contributed by atoms with Crippen molar-refractivity contribution < 1.29 is 33.7 Å². The number of pyridine rings is 1. The van der Waals surface area contributed by atoms with E-state index in [2.05, 4.69) is 10.3 Å². The zero-order chi connectivity index (χ0) is 26.8. The van der Waals surface area contributed by atoms with Crippen LogP contribution in [-0.4, -0.2) is 69.8 Å². The van der Waals surface area contributed by atoms with Crippen LogP contribution in [0.2, 0.25) is 0 Å². The van der Waals surface area contributed by atoms with Gasteiger partial charge in [-0.1, -0.05) is 0 Å². The summed E-state index contributed by atoms with van der Waals surface area (Å²) in [6, 6.07) is 3.99. The van der Waals surface area contributed by atoms with Crippen LogP contribution in [0.4, 0.5) is 4.79 Å². The number of nitrogens with one attached hydrogen (secondary N) is 1. The minimum absolute atomic E-state index is 0.0870. The Bertz CT molecular complexity index is 1160. The molecule has 2 heterocycles. The Balaban J connectivity index is 1.81. The first-order chi connectivity index (χ1) is 16.7. The standard InChI is InChI=1S/C25H34N4O7/c1-13(2)34-20-10-19(16-7-8-18(30)14(3)22(16)28-20)35-15-9-17(23(26)32)29(12-15)21(31)11-27-24(33)36-25(4,5)6/h7-8,10,13,15,17,30H,9,11-12H2,1-6H3,(H2,26,32)(H,27,33)/t15-,17?/m1/s1. The first-order valence-corrected chi connectivity index (χ1v) is 11.8. The molecule has 0 spiro atoms. The number of hydrogen-bond donors (Lipinski definition) is 3. The zero-order valence-electron chi connectivity index (χ0n) is 21.5. The molecular weight excluding hydrogens is 468 g/mol. The Hall–Kier alpha value is -3.76. The lowest BCUT2D eigenvalue weighted by atomic mass is 10.1. The van der Waals surface area contributed by atoms with E-state index >= 15 is 0 Å². The van der Waals surface area contributed by atoms with Gasteiger partial charge in [-0.05, 0) is 53.7 Å². The van der Waals surface area contributed by atoms with Crippen molar-refractivity contribution in [3.8, 4) is 17.4 Å². The second kappa shape index (κ2) is 10.5. The molecule has 3 amide bonds. The highest BCUT2D eigenvalue weighted by Crippen LogP contribution is 2.36. The molecule has 0 radical (unpaired) electrons. The van der Waals surface area contributed by atoms with Crippen LogP contribution in [0.5, 0.6) is 17.4 Å². The highest BCUT2D eigenvalue weighted by molar-refractivity contribution is 5.91. The lowest BCUT2D eigenvalue weighted by molar-refractivity contribution is -0.136. The molecule has 1 saturated heterocycles. The third-order valence-electron chi connectivity index (χ3n) is 5.49. The highest BCUT2D eigenvalue weighted by Gasteiger charge is 2.40. The van der Waals surface area contributed by atoms with Crippen LogP contribution in [-0.2, 0) is 14.3 Å². The predicted octanol–water partition coefficient (Wildman–Crippen LogP) is 2.39. The second-order valence-corrected chi connectivity index (χ2v) is 10.0. The van der Waals surface area contributed by atoms with Gasteiger partial charge in [0.2, 0.25) is 17.7 Å². The molecule has 1 fully saturated rings. The smallest absolute Gasteiger partial charge is 0.408 e. The summed E-state index contributed by atoms with van der Waals surface area (Å²) in [5.41, 5.74) is 5.94. The maximum Gasteiger partial charge on any atom is 0.408 e. The first-order valence-electron chi connectivity index (χ1n) is 11.8. The number of aryl methyl sites for hydroxylation is 1. The normalized spacial score (nSPS) is 17.8. The van der Waals surface area contributed by atoms with Gasteiger partial charge in [0.05, 0.1) is 18.2 Å². The number of alkyl carbamates (subject to hydrolysis) is 1. The average molecular weight is 503 g/mol. The summed E-state index contributed by atoms with van der Waals surface area (Å²) in [5, 5.41) is 13.2. The Kier molecular flexibility index (Phi) is 7.80. The van der Waals surface area contributed by atoms with Crippen molar-refractivity contribution in [3.05, 3.63) is 23.8 Å². The molecule has 0 bridgehead atoms. The summed E-state index contributed by atoms with van der Waals surface area (Å²) in [5.74, 6) is -0.310. The summed E-state index contributed by atoms with van der Waals surface area (Å²) < 4.78 is 17.2. The molecule has 4 N–H and O–H groups in total. The summed E-state index contributed by atoms with van der Waals surface area (Å²) in [6.07, 6.45) is -1.26. The summed E-state index contributed by atoms with van der Waals surface area (Å²) >= 11 is 0. The number of rotatable bonds is 7. The number of fused-ring (bicyclic) bond motifs is 1. The van der Waals surface area contributed by atoms with E-state index in [1.165, 1.54) is 4.90 Å². The fourth-order valence-electron chi connectivity index (χ4n) is 3.94. The highest BCUT2D eigenvalue weighted by atomic mass is 16.6. The number of phenolic OH excluding ortho intramolecular Hbond substituents is 1. The number of nitrogens with two attached hydrogens (primary N) is 1. The number of nitrogens with zero attached hydrogens (tertiary/aromatic N) is 2. The van der Waals surface area contributed by atoms with Gasteiger partial charge < -0.3 is 35.3 Å². The third kappa shape index (κ3) is 6.46. The zero-order valence-corrected chi connectivity index (χ0v) is 21.5. The number of ether oxygens (including phenoxy) is 3. The van der Waals surface area contributed by atoms with Crippen molar-refractivity contribution in [2.45, 2.75) is 71.8 Å². The van der Waals surface area contributed by atoms with Crippen LogP contribution in [0.15, 0.2) is 18.2 Å². The molecule has 1 aromatic carbocycles.